The normalized spacial score (nSPS) is 11.0. The van der Waals surface area contributed by atoms with Crippen molar-refractivity contribution < 1.29 is 4.79 Å². The highest BCUT2D eigenvalue weighted by molar-refractivity contribution is 7.22. The second-order valence-corrected chi connectivity index (χ2v) is 7.21. The van der Waals surface area contributed by atoms with Crippen LogP contribution < -0.4 is 5.73 Å². The molecule has 0 spiro atoms. The van der Waals surface area contributed by atoms with E-state index in [2.05, 4.69) is 15.2 Å². The number of thiophene rings is 1. The minimum atomic E-state index is -0.587. The van der Waals surface area contributed by atoms with Gasteiger partial charge in [0.05, 0.1) is 10.4 Å². The molecule has 3 aromatic heterocycles. The van der Waals surface area contributed by atoms with E-state index in [-0.39, 0.29) is 5.69 Å². The molecular formula is C19H13ClN4OS. The van der Waals surface area contributed by atoms with Gasteiger partial charge in [0.1, 0.15) is 0 Å². The Morgan fingerprint density at radius 2 is 1.92 bits per heavy atom. The molecule has 7 heteroatoms. The standard InChI is InChI=1S/C19H13ClN4OS/c20-12-6-4-11(5-7-12)16-10-14-15(9-13-3-1-2-8-22-13)23-24-17(19(21)25)18(14)26-16/h1-8,10H,9H2,(H2,21,25). The van der Waals surface area contributed by atoms with Gasteiger partial charge in [0, 0.05) is 33.6 Å². The summed E-state index contributed by atoms with van der Waals surface area (Å²) in [7, 11) is 0. The van der Waals surface area contributed by atoms with E-state index in [0.717, 1.165) is 31.9 Å². The zero-order valence-corrected chi connectivity index (χ0v) is 15.1. The van der Waals surface area contributed by atoms with Crippen LogP contribution in [0, 0.1) is 0 Å². The molecule has 0 saturated heterocycles. The van der Waals surface area contributed by atoms with Gasteiger partial charge < -0.3 is 5.73 Å². The summed E-state index contributed by atoms with van der Waals surface area (Å²) in [5.41, 5.74) is 8.33. The van der Waals surface area contributed by atoms with Crippen molar-refractivity contribution in [2.24, 2.45) is 5.73 Å². The molecule has 3 heterocycles. The molecule has 4 rings (SSSR count). The molecule has 1 aromatic carbocycles. The first-order valence-electron chi connectivity index (χ1n) is 7.86. The third-order valence-corrected chi connectivity index (χ3v) is 5.41. The fraction of sp³-hybridized carbons (Fsp3) is 0.0526. The number of halogens is 1. The lowest BCUT2D eigenvalue weighted by atomic mass is 10.1. The van der Waals surface area contributed by atoms with Crippen LogP contribution in [0.25, 0.3) is 20.5 Å². The van der Waals surface area contributed by atoms with Crippen molar-refractivity contribution in [3.05, 3.63) is 76.8 Å². The highest BCUT2D eigenvalue weighted by atomic mass is 35.5. The van der Waals surface area contributed by atoms with Crippen molar-refractivity contribution in [2.75, 3.05) is 0 Å². The number of primary amides is 1. The fourth-order valence-corrected chi connectivity index (χ4v) is 4.01. The summed E-state index contributed by atoms with van der Waals surface area (Å²) in [6.45, 7) is 0. The molecule has 0 atom stereocenters. The molecule has 0 aliphatic heterocycles. The molecule has 0 saturated carbocycles. The van der Waals surface area contributed by atoms with E-state index in [1.54, 1.807) is 6.20 Å². The van der Waals surface area contributed by atoms with E-state index in [1.165, 1.54) is 11.3 Å². The molecule has 2 N–H and O–H groups in total. The summed E-state index contributed by atoms with van der Waals surface area (Å²) in [6.07, 6.45) is 2.27. The third kappa shape index (κ3) is 3.16. The third-order valence-electron chi connectivity index (χ3n) is 3.97. The van der Waals surface area contributed by atoms with Crippen LogP contribution in [-0.2, 0) is 6.42 Å². The highest BCUT2D eigenvalue weighted by Crippen LogP contribution is 2.36. The molecule has 0 aliphatic carbocycles. The number of aromatic nitrogens is 3. The van der Waals surface area contributed by atoms with Crippen LogP contribution in [0.3, 0.4) is 0 Å². The van der Waals surface area contributed by atoms with E-state index in [9.17, 15) is 4.79 Å². The van der Waals surface area contributed by atoms with Crippen LogP contribution in [0.1, 0.15) is 21.9 Å². The van der Waals surface area contributed by atoms with Gasteiger partial charge >= 0.3 is 0 Å². The minimum absolute atomic E-state index is 0.190. The Morgan fingerprint density at radius 1 is 1.12 bits per heavy atom. The van der Waals surface area contributed by atoms with Gasteiger partial charge in [-0.2, -0.15) is 5.10 Å². The second kappa shape index (κ2) is 6.82. The first-order valence-corrected chi connectivity index (χ1v) is 9.06. The topological polar surface area (TPSA) is 81.8 Å². The number of rotatable bonds is 4. The molecule has 4 aromatic rings. The summed E-state index contributed by atoms with van der Waals surface area (Å²) in [5, 5.41) is 9.84. The average Bonchev–Trinajstić information content (AvgIpc) is 3.09. The van der Waals surface area contributed by atoms with E-state index < -0.39 is 5.91 Å². The van der Waals surface area contributed by atoms with Crippen molar-refractivity contribution in [1.82, 2.24) is 15.2 Å². The van der Waals surface area contributed by atoms with Crippen LogP contribution in [0.2, 0.25) is 5.02 Å². The van der Waals surface area contributed by atoms with Gasteiger partial charge in [0.2, 0.25) is 0 Å². The Hall–Kier alpha value is -2.83. The number of pyridine rings is 1. The predicted octanol–water partition coefficient (Wildman–Crippen LogP) is 4.10. The minimum Gasteiger partial charge on any atom is -0.364 e. The first-order chi connectivity index (χ1) is 12.6. The van der Waals surface area contributed by atoms with Gasteiger partial charge in [-0.3, -0.25) is 9.78 Å². The quantitative estimate of drug-likeness (QED) is 0.578. The van der Waals surface area contributed by atoms with Crippen LogP contribution in [0.5, 0.6) is 0 Å². The lowest BCUT2D eigenvalue weighted by molar-refractivity contribution is 0.0996. The summed E-state index contributed by atoms with van der Waals surface area (Å²) in [5.74, 6) is -0.587. The van der Waals surface area contributed by atoms with E-state index in [0.29, 0.717) is 11.4 Å². The lowest BCUT2D eigenvalue weighted by Crippen LogP contribution is -2.14. The number of hydrogen-bond acceptors (Lipinski definition) is 5. The van der Waals surface area contributed by atoms with Gasteiger partial charge in [0.15, 0.2) is 5.69 Å². The molecule has 26 heavy (non-hydrogen) atoms. The number of carbonyl (C=O) groups is 1. The van der Waals surface area contributed by atoms with Gasteiger partial charge in [-0.1, -0.05) is 29.8 Å². The number of nitrogens with zero attached hydrogens (tertiary/aromatic N) is 3. The Balaban J connectivity index is 1.87. The van der Waals surface area contributed by atoms with E-state index in [1.807, 2.05) is 48.5 Å². The molecule has 0 radical (unpaired) electrons. The summed E-state index contributed by atoms with van der Waals surface area (Å²) >= 11 is 7.44. The summed E-state index contributed by atoms with van der Waals surface area (Å²) < 4.78 is 0.739. The maximum atomic E-state index is 11.8. The van der Waals surface area contributed by atoms with Gasteiger partial charge in [-0.05, 0) is 35.9 Å². The maximum absolute atomic E-state index is 11.8. The van der Waals surface area contributed by atoms with Crippen molar-refractivity contribution >= 4 is 38.9 Å². The Kier molecular flexibility index (Phi) is 4.36. The fourth-order valence-electron chi connectivity index (χ4n) is 2.71. The molecule has 128 valence electrons. The summed E-state index contributed by atoms with van der Waals surface area (Å²) in [4.78, 5) is 17.1. The summed E-state index contributed by atoms with van der Waals surface area (Å²) in [6, 6.07) is 15.3. The van der Waals surface area contributed by atoms with E-state index >= 15 is 0 Å². The molecule has 0 unspecified atom stereocenters. The Morgan fingerprint density at radius 3 is 2.62 bits per heavy atom. The molecule has 5 nitrogen and oxygen atoms in total. The van der Waals surface area contributed by atoms with Crippen molar-refractivity contribution in [2.45, 2.75) is 6.42 Å². The molecular weight excluding hydrogens is 368 g/mol. The van der Waals surface area contributed by atoms with Gasteiger partial charge in [-0.15, -0.1) is 16.4 Å². The van der Waals surface area contributed by atoms with E-state index in [4.69, 9.17) is 17.3 Å². The molecule has 0 bridgehead atoms. The van der Waals surface area contributed by atoms with Crippen molar-refractivity contribution in [1.29, 1.82) is 0 Å². The Bertz CT molecular complexity index is 1090. The van der Waals surface area contributed by atoms with Crippen molar-refractivity contribution in [3.63, 3.8) is 0 Å². The van der Waals surface area contributed by atoms with Gasteiger partial charge in [0.25, 0.3) is 5.91 Å². The van der Waals surface area contributed by atoms with Crippen LogP contribution in [0.4, 0.5) is 0 Å². The molecule has 0 aliphatic rings. The zero-order chi connectivity index (χ0) is 18.1. The Labute approximate surface area is 158 Å². The highest BCUT2D eigenvalue weighted by Gasteiger charge is 2.18. The van der Waals surface area contributed by atoms with Crippen LogP contribution in [0.15, 0.2) is 54.7 Å². The SMILES string of the molecule is NC(=O)c1nnc(Cc2ccccn2)c2cc(-c3ccc(Cl)cc3)sc12. The second-order valence-electron chi connectivity index (χ2n) is 5.72. The average molecular weight is 381 g/mol. The largest absolute Gasteiger partial charge is 0.364 e. The lowest BCUT2D eigenvalue weighted by Gasteiger charge is -2.03. The molecule has 1 amide bonds. The number of carbonyl (C=O) groups excluding carboxylic acids is 1. The number of amides is 1. The maximum Gasteiger partial charge on any atom is 0.270 e. The number of fused-ring (bicyclic) bond motifs is 1. The van der Waals surface area contributed by atoms with Crippen molar-refractivity contribution in [3.8, 4) is 10.4 Å². The number of hydrogen-bond donors (Lipinski definition) is 1. The smallest absolute Gasteiger partial charge is 0.270 e. The zero-order valence-electron chi connectivity index (χ0n) is 13.5. The predicted molar refractivity (Wildman–Crippen MR) is 103 cm³/mol. The first kappa shape index (κ1) is 16.6. The van der Waals surface area contributed by atoms with Crippen LogP contribution in [-0.4, -0.2) is 21.1 Å². The van der Waals surface area contributed by atoms with Crippen LogP contribution >= 0.6 is 22.9 Å². The number of benzene rings is 1. The van der Waals surface area contributed by atoms with Gasteiger partial charge in [-0.25, -0.2) is 0 Å². The monoisotopic (exact) mass is 380 g/mol. The molecule has 0 fully saturated rings. The number of nitrogens with two attached hydrogens (primary N) is 1.